The van der Waals surface area contributed by atoms with Crippen molar-refractivity contribution in [2.24, 2.45) is 0 Å². The Morgan fingerprint density at radius 2 is 2.10 bits per heavy atom. The monoisotopic (exact) mass is 285 g/mol. The van der Waals surface area contributed by atoms with E-state index in [1.54, 1.807) is 0 Å². The van der Waals surface area contributed by atoms with Crippen molar-refractivity contribution in [1.29, 1.82) is 0 Å². The topological polar surface area (TPSA) is 30.3 Å². The largest absolute Gasteiger partial charge is 0.492 e. The molecule has 0 saturated carbocycles. The lowest BCUT2D eigenvalue weighted by atomic mass is 10.2. The van der Waals surface area contributed by atoms with E-state index in [0.717, 1.165) is 31.3 Å². The van der Waals surface area contributed by atoms with E-state index in [0.29, 0.717) is 6.04 Å². The van der Waals surface area contributed by atoms with Crippen LogP contribution in [0.2, 0.25) is 0 Å². The second kappa shape index (κ2) is 6.76. The van der Waals surface area contributed by atoms with Gasteiger partial charge in [-0.25, -0.2) is 4.98 Å². The highest BCUT2D eigenvalue weighted by Gasteiger charge is 2.24. The molecule has 21 heavy (non-hydrogen) atoms. The molecular weight excluding hydrogens is 262 g/mol. The lowest BCUT2D eigenvalue weighted by Crippen LogP contribution is -2.36. The Morgan fingerprint density at radius 3 is 2.86 bits per heavy atom. The third kappa shape index (κ3) is 3.64. The average Bonchev–Trinajstić information content (AvgIpc) is 3.13. The van der Waals surface area contributed by atoms with Gasteiger partial charge in [0, 0.05) is 31.5 Å². The fourth-order valence-electron chi connectivity index (χ4n) is 2.96. The summed E-state index contributed by atoms with van der Waals surface area (Å²) in [5.74, 6) is 2.06. The van der Waals surface area contributed by atoms with E-state index in [4.69, 9.17) is 4.74 Å². The number of aromatic nitrogens is 2. The summed E-state index contributed by atoms with van der Waals surface area (Å²) in [5.41, 5.74) is 0. The number of aryl methyl sites for hydroxylation is 1. The van der Waals surface area contributed by atoms with Crippen LogP contribution in [0.3, 0.4) is 0 Å². The number of imidazole rings is 1. The fraction of sp³-hybridized carbons (Fsp3) is 0.471. The van der Waals surface area contributed by atoms with Crippen LogP contribution in [-0.2, 0) is 6.54 Å². The zero-order valence-electron chi connectivity index (χ0n) is 12.6. The molecule has 1 aliphatic heterocycles. The molecule has 2 heterocycles. The van der Waals surface area contributed by atoms with Crippen LogP contribution in [0.5, 0.6) is 5.75 Å². The van der Waals surface area contributed by atoms with Gasteiger partial charge in [0.05, 0.1) is 0 Å². The fourth-order valence-corrected chi connectivity index (χ4v) is 2.96. The Hall–Kier alpha value is -1.81. The molecule has 3 rings (SSSR count). The van der Waals surface area contributed by atoms with Gasteiger partial charge in [-0.2, -0.15) is 0 Å². The van der Waals surface area contributed by atoms with E-state index in [1.807, 2.05) is 36.5 Å². The summed E-state index contributed by atoms with van der Waals surface area (Å²) < 4.78 is 8.14. The van der Waals surface area contributed by atoms with Crippen molar-refractivity contribution in [3.8, 4) is 5.75 Å². The highest BCUT2D eigenvalue weighted by Crippen LogP contribution is 2.19. The van der Waals surface area contributed by atoms with Crippen LogP contribution in [0, 0.1) is 6.92 Å². The van der Waals surface area contributed by atoms with E-state index in [-0.39, 0.29) is 0 Å². The van der Waals surface area contributed by atoms with Crippen LogP contribution >= 0.6 is 0 Å². The van der Waals surface area contributed by atoms with Gasteiger partial charge in [-0.15, -0.1) is 0 Å². The minimum atomic E-state index is 0.536. The first-order valence-corrected chi connectivity index (χ1v) is 7.72. The predicted octanol–water partition coefficient (Wildman–Crippen LogP) is 2.73. The van der Waals surface area contributed by atoms with Gasteiger partial charge >= 0.3 is 0 Å². The summed E-state index contributed by atoms with van der Waals surface area (Å²) >= 11 is 0. The molecule has 0 radical (unpaired) electrons. The Bertz CT molecular complexity index is 552. The lowest BCUT2D eigenvalue weighted by Gasteiger charge is -2.24. The van der Waals surface area contributed by atoms with Gasteiger partial charge in [-0.1, -0.05) is 18.2 Å². The summed E-state index contributed by atoms with van der Waals surface area (Å²) in [7, 11) is 0. The van der Waals surface area contributed by atoms with Gasteiger partial charge in [0.2, 0.25) is 0 Å². The SMILES string of the molecule is Cc1nccn1CCN1CCC[C@H]1COc1ccccc1. The molecule has 4 nitrogen and oxygen atoms in total. The molecule has 0 spiro atoms. The molecule has 0 N–H and O–H groups in total. The number of hydrogen-bond donors (Lipinski definition) is 0. The van der Waals surface area contributed by atoms with Crippen LogP contribution in [0.1, 0.15) is 18.7 Å². The summed E-state index contributed by atoms with van der Waals surface area (Å²) in [5, 5.41) is 0. The molecule has 1 fully saturated rings. The first-order chi connectivity index (χ1) is 10.3. The minimum absolute atomic E-state index is 0.536. The quantitative estimate of drug-likeness (QED) is 0.817. The molecule has 0 aliphatic carbocycles. The predicted molar refractivity (Wildman–Crippen MR) is 83.5 cm³/mol. The molecule has 1 aliphatic rings. The van der Waals surface area contributed by atoms with Crippen molar-refractivity contribution in [1.82, 2.24) is 14.5 Å². The van der Waals surface area contributed by atoms with Gasteiger partial charge < -0.3 is 9.30 Å². The molecule has 1 aromatic carbocycles. The molecule has 0 amide bonds. The first-order valence-electron chi connectivity index (χ1n) is 7.72. The second-order valence-electron chi connectivity index (χ2n) is 5.62. The van der Waals surface area contributed by atoms with Crippen molar-refractivity contribution in [3.63, 3.8) is 0 Å². The third-order valence-corrected chi connectivity index (χ3v) is 4.24. The lowest BCUT2D eigenvalue weighted by molar-refractivity contribution is 0.168. The highest BCUT2D eigenvalue weighted by molar-refractivity contribution is 5.20. The van der Waals surface area contributed by atoms with E-state index in [9.17, 15) is 0 Å². The molecule has 1 saturated heterocycles. The minimum Gasteiger partial charge on any atom is -0.492 e. The molecule has 0 unspecified atom stereocenters. The molecule has 112 valence electrons. The summed E-state index contributed by atoms with van der Waals surface area (Å²) in [4.78, 5) is 6.82. The highest BCUT2D eigenvalue weighted by atomic mass is 16.5. The number of hydrogen-bond acceptors (Lipinski definition) is 3. The Balaban J connectivity index is 1.50. The molecule has 0 bridgehead atoms. The van der Waals surface area contributed by atoms with E-state index < -0.39 is 0 Å². The van der Waals surface area contributed by atoms with Crippen molar-refractivity contribution >= 4 is 0 Å². The zero-order valence-corrected chi connectivity index (χ0v) is 12.6. The summed E-state index contributed by atoms with van der Waals surface area (Å²) in [6.45, 7) is 6.09. The average molecular weight is 285 g/mol. The molecule has 1 atom stereocenters. The molecule has 2 aromatic rings. The Morgan fingerprint density at radius 1 is 1.24 bits per heavy atom. The molecule has 1 aromatic heterocycles. The van der Waals surface area contributed by atoms with Gasteiger partial charge in [-0.3, -0.25) is 4.90 Å². The smallest absolute Gasteiger partial charge is 0.119 e. The van der Waals surface area contributed by atoms with Crippen LogP contribution < -0.4 is 4.74 Å². The van der Waals surface area contributed by atoms with Crippen molar-refractivity contribution in [2.45, 2.75) is 32.4 Å². The normalized spacial score (nSPS) is 19.0. The summed E-state index contributed by atoms with van der Waals surface area (Å²) in [6, 6.07) is 10.6. The Labute approximate surface area is 126 Å². The number of likely N-dealkylation sites (tertiary alicyclic amines) is 1. The van der Waals surface area contributed by atoms with E-state index >= 15 is 0 Å². The zero-order chi connectivity index (χ0) is 14.5. The van der Waals surface area contributed by atoms with Crippen LogP contribution in [0.25, 0.3) is 0 Å². The molecular formula is C17H23N3O. The van der Waals surface area contributed by atoms with Crippen LogP contribution in [-0.4, -0.2) is 40.2 Å². The van der Waals surface area contributed by atoms with Gasteiger partial charge in [0.1, 0.15) is 18.2 Å². The number of ether oxygens (including phenoxy) is 1. The number of para-hydroxylation sites is 1. The molecule has 4 heteroatoms. The third-order valence-electron chi connectivity index (χ3n) is 4.24. The van der Waals surface area contributed by atoms with Gasteiger partial charge in [0.25, 0.3) is 0 Å². The second-order valence-corrected chi connectivity index (χ2v) is 5.62. The van der Waals surface area contributed by atoms with E-state index in [2.05, 4.69) is 27.6 Å². The number of rotatable bonds is 6. The maximum absolute atomic E-state index is 5.92. The van der Waals surface area contributed by atoms with Crippen molar-refractivity contribution in [2.75, 3.05) is 19.7 Å². The number of benzene rings is 1. The van der Waals surface area contributed by atoms with Gasteiger partial charge in [0.15, 0.2) is 0 Å². The van der Waals surface area contributed by atoms with Crippen molar-refractivity contribution in [3.05, 3.63) is 48.5 Å². The Kier molecular flexibility index (Phi) is 4.55. The maximum Gasteiger partial charge on any atom is 0.119 e. The van der Waals surface area contributed by atoms with Gasteiger partial charge in [-0.05, 0) is 38.4 Å². The van der Waals surface area contributed by atoms with Crippen LogP contribution in [0.4, 0.5) is 0 Å². The van der Waals surface area contributed by atoms with Crippen molar-refractivity contribution < 1.29 is 4.74 Å². The first kappa shape index (κ1) is 14.1. The van der Waals surface area contributed by atoms with E-state index in [1.165, 1.54) is 19.4 Å². The number of nitrogens with zero attached hydrogens (tertiary/aromatic N) is 3. The maximum atomic E-state index is 5.92. The summed E-state index contributed by atoms with van der Waals surface area (Å²) in [6.07, 6.45) is 6.43. The standard InChI is InChI=1S/C17H23N3O/c1-15-18-9-11-19(15)12-13-20-10-5-6-16(20)14-21-17-7-3-2-4-8-17/h2-4,7-9,11,16H,5-6,10,12-14H2,1H3/t16-/m0/s1. The van der Waals surface area contributed by atoms with Crippen LogP contribution in [0.15, 0.2) is 42.7 Å².